The fraction of sp³-hybridized carbons (Fsp3) is 0.667. The number of hydrogen-bond donors (Lipinski definition) is 1. The molecular formula is C27H33N3O3. The Morgan fingerprint density at radius 1 is 0.970 bits per heavy atom. The maximum absolute atomic E-state index is 13.3. The van der Waals surface area contributed by atoms with Gasteiger partial charge in [0.15, 0.2) is 0 Å². The molecule has 3 saturated heterocycles. The number of carboxylic acid groups (broad SMARTS) is 1. The van der Waals surface area contributed by atoms with Crippen LogP contribution in [0.4, 0.5) is 0 Å². The zero-order chi connectivity index (χ0) is 22.3. The second-order valence-electron chi connectivity index (χ2n) is 11.7. The van der Waals surface area contributed by atoms with Gasteiger partial charge in [0.25, 0.3) is 5.56 Å². The van der Waals surface area contributed by atoms with Crippen molar-refractivity contribution in [3.8, 4) is 0 Å². The Bertz CT molecular complexity index is 1180. The molecule has 2 saturated carbocycles. The van der Waals surface area contributed by atoms with E-state index in [4.69, 9.17) is 0 Å². The average Bonchev–Trinajstić information content (AvgIpc) is 3.13. The van der Waals surface area contributed by atoms with Gasteiger partial charge in [-0.1, -0.05) is 31.4 Å². The van der Waals surface area contributed by atoms with Crippen molar-refractivity contribution >= 4 is 17.0 Å². The van der Waals surface area contributed by atoms with E-state index in [1.165, 1.54) is 57.8 Å². The third-order valence-electron chi connectivity index (χ3n) is 10.1. The van der Waals surface area contributed by atoms with Gasteiger partial charge in [0, 0.05) is 23.7 Å². The fourth-order valence-corrected chi connectivity index (χ4v) is 9.08. The van der Waals surface area contributed by atoms with Gasteiger partial charge < -0.3 is 9.67 Å². The summed E-state index contributed by atoms with van der Waals surface area (Å²) < 4.78 is 1.78. The van der Waals surface area contributed by atoms with Crippen molar-refractivity contribution in [2.24, 2.45) is 17.8 Å². The second kappa shape index (κ2) is 7.14. The second-order valence-corrected chi connectivity index (χ2v) is 11.7. The largest absolute Gasteiger partial charge is 0.476 e. The topological polar surface area (TPSA) is 75.4 Å². The molecule has 1 aromatic heterocycles. The minimum absolute atomic E-state index is 0.0524. The molecular weight excluding hydrogens is 414 g/mol. The average molecular weight is 448 g/mol. The van der Waals surface area contributed by atoms with E-state index < -0.39 is 11.5 Å². The first-order valence-corrected chi connectivity index (χ1v) is 13.1. The first-order chi connectivity index (χ1) is 16.0. The number of piperidine rings is 1. The number of carbonyl (C=O) groups is 1. The van der Waals surface area contributed by atoms with Crippen molar-refractivity contribution in [3.63, 3.8) is 0 Å². The van der Waals surface area contributed by atoms with Gasteiger partial charge in [0.2, 0.25) is 5.69 Å². The van der Waals surface area contributed by atoms with E-state index in [0.717, 1.165) is 36.1 Å². The van der Waals surface area contributed by atoms with Crippen LogP contribution in [0.2, 0.25) is 0 Å². The van der Waals surface area contributed by atoms with Gasteiger partial charge >= 0.3 is 5.97 Å². The van der Waals surface area contributed by atoms with E-state index in [9.17, 15) is 14.7 Å². The number of para-hydroxylation sites is 2. The van der Waals surface area contributed by atoms with Crippen LogP contribution in [-0.4, -0.2) is 43.1 Å². The van der Waals surface area contributed by atoms with Gasteiger partial charge in [0.05, 0.1) is 11.0 Å². The predicted molar refractivity (Wildman–Crippen MR) is 125 cm³/mol. The summed E-state index contributed by atoms with van der Waals surface area (Å²) >= 11 is 0. The third kappa shape index (κ3) is 2.85. The van der Waals surface area contributed by atoms with Crippen molar-refractivity contribution in [1.29, 1.82) is 0 Å². The molecule has 6 unspecified atom stereocenters. The number of hydrogen-bond acceptors (Lipinski definition) is 4. The molecule has 5 fully saturated rings. The predicted octanol–water partition coefficient (Wildman–Crippen LogP) is 4.62. The molecule has 1 N–H and O–H groups in total. The van der Waals surface area contributed by atoms with Crippen LogP contribution in [0.5, 0.6) is 0 Å². The molecule has 4 heterocycles. The lowest BCUT2D eigenvalue weighted by atomic mass is 9.57. The monoisotopic (exact) mass is 447 g/mol. The van der Waals surface area contributed by atoms with E-state index in [0.29, 0.717) is 23.1 Å². The molecule has 2 bridgehead atoms. The van der Waals surface area contributed by atoms with Crippen molar-refractivity contribution in [3.05, 3.63) is 40.3 Å². The lowest BCUT2D eigenvalue weighted by Gasteiger charge is -2.65. The van der Waals surface area contributed by atoms with Gasteiger partial charge in [0.1, 0.15) is 0 Å². The summed E-state index contributed by atoms with van der Waals surface area (Å²) in [4.78, 5) is 32.1. The van der Waals surface area contributed by atoms with Gasteiger partial charge in [-0.3, -0.25) is 9.69 Å². The summed E-state index contributed by atoms with van der Waals surface area (Å²) in [6.45, 7) is 0. The van der Waals surface area contributed by atoms with Crippen molar-refractivity contribution in [1.82, 2.24) is 14.5 Å². The van der Waals surface area contributed by atoms with Crippen LogP contribution < -0.4 is 5.56 Å². The number of carboxylic acids is 1. The van der Waals surface area contributed by atoms with E-state index in [2.05, 4.69) is 9.88 Å². The van der Waals surface area contributed by atoms with E-state index >= 15 is 0 Å². The van der Waals surface area contributed by atoms with E-state index in [1.54, 1.807) is 4.57 Å². The zero-order valence-corrected chi connectivity index (χ0v) is 19.2. The molecule has 33 heavy (non-hydrogen) atoms. The highest BCUT2D eigenvalue weighted by Gasteiger charge is 2.64. The summed E-state index contributed by atoms with van der Waals surface area (Å²) in [6.07, 6.45) is 14.4. The molecule has 2 aromatic rings. The van der Waals surface area contributed by atoms with Crippen LogP contribution in [0, 0.1) is 17.8 Å². The summed E-state index contributed by atoms with van der Waals surface area (Å²) in [5.74, 6) is 1.55. The molecule has 0 radical (unpaired) electrons. The molecule has 6 atom stereocenters. The van der Waals surface area contributed by atoms with E-state index in [-0.39, 0.29) is 11.7 Å². The third-order valence-corrected chi connectivity index (χ3v) is 10.1. The standard InChI is InChI=1S/C27H33N3O3/c31-25-24(26(32)33)28-22-6-1-2-7-23(22)29(25)20-13-19-8-9-27(15-21(14-20)30(19)27)18-11-16-4-3-5-17(10-16)12-18/h1-2,6-7,16-21H,3-5,8-15H2,(H,32,33). The highest BCUT2D eigenvalue weighted by atomic mass is 16.4. The normalized spacial score (nSPS) is 39.8. The Balaban J connectivity index is 1.21. The number of fused-ring (bicyclic) bond motifs is 3. The smallest absolute Gasteiger partial charge is 0.360 e. The van der Waals surface area contributed by atoms with Gasteiger partial charge in [-0.2, -0.15) is 0 Å². The summed E-state index contributed by atoms with van der Waals surface area (Å²) in [6, 6.07) is 8.62. The highest BCUT2D eigenvalue weighted by molar-refractivity contribution is 5.88. The number of rotatable bonds is 3. The molecule has 7 rings (SSSR count). The molecule has 0 spiro atoms. The lowest BCUT2D eigenvalue weighted by molar-refractivity contribution is -0.145. The molecule has 2 aliphatic carbocycles. The molecule has 6 heteroatoms. The molecule has 5 aliphatic rings. The van der Waals surface area contributed by atoms with Crippen LogP contribution in [0.1, 0.15) is 87.2 Å². The number of nitrogens with zero attached hydrogens (tertiary/aromatic N) is 3. The maximum Gasteiger partial charge on any atom is 0.360 e. The van der Waals surface area contributed by atoms with Gasteiger partial charge in [-0.05, 0) is 81.3 Å². The molecule has 0 amide bonds. The molecule has 174 valence electrons. The zero-order valence-electron chi connectivity index (χ0n) is 19.2. The number of benzene rings is 1. The first kappa shape index (κ1) is 20.2. The SMILES string of the molecule is O=C(O)c1nc2ccccc2n(C2CC3CCC4(C5CC6CCCC(C6)C5)CC(C2)N34)c1=O. The van der Waals surface area contributed by atoms with Crippen LogP contribution >= 0.6 is 0 Å². The van der Waals surface area contributed by atoms with Crippen LogP contribution in [0.15, 0.2) is 29.1 Å². The van der Waals surface area contributed by atoms with Crippen LogP contribution in [0.3, 0.4) is 0 Å². The highest BCUT2D eigenvalue weighted by Crippen LogP contribution is 2.62. The molecule has 3 aliphatic heterocycles. The summed E-state index contributed by atoms with van der Waals surface area (Å²) in [7, 11) is 0. The molecule has 1 aromatic carbocycles. The van der Waals surface area contributed by atoms with Crippen LogP contribution in [-0.2, 0) is 0 Å². The lowest BCUT2D eigenvalue weighted by Crippen LogP contribution is -2.70. The van der Waals surface area contributed by atoms with Crippen LogP contribution in [0.25, 0.3) is 11.0 Å². The Kier molecular flexibility index (Phi) is 4.37. The number of aromatic nitrogens is 2. The van der Waals surface area contributed by atoms with Gasteiger partial charge in [-0.15, -0.1) is 0 Å². The minimum atomic E-state index is -1.23. The molecule has 6 nitrogen and oxygen atoms in total. The van der Waals surface area contributed by atoms with Crippen molar-refractivity contribution in [2.75, 3.05) is 0 Å². The Morgan fingerprint density at radius 2 is 1.73 bits per heavy atom. The number of aromatic carboxylic acids is 1. The first-order valence-electron chi connectivity index (χ1n) is 13.1. The Labute approximate surface area is 194 Å². The van der Waals surface area contributed by atoms with Crippen molar-refractivity contribution in [2.45, 2.75) is 94.3 Å². The fourth-order valence-electron chi connectivity index (χ4n) is 9.08. The summed E-state index contributed by atoms with van der Waals surface area (Å²) in [5, 5.41) is 9.62. The maximum atomic E-state index is 13.3. The Morgan fingerprint density at radius 3 is 2.52 bits per heavy atom. The van der Waals surface area contributed by atoms with Crippen molar-refractivity contribution < 1.29 is 9.90 Å². The summed E-state index contributed by atoms with van der Waals surface area (Å²) in [5.41, 5.74) is 1.00. The van der Waals surface area contributed by atoms with Gasteiger partial charge in [-0.25, -0.2) is 9.78 Å². The van der Waals surface area contributed by atoms with E-state index in [1.807, 2.05) is 24.3 Å². The quantitative estimate of drug-likeness (QED) is 0.743. The minimum Gasteiger partial charge on any atom is -0.476 e. The Hall–Kier alpha value is -2.21.